The highest BCUT2D eigenvalue weighted by Gasteiger charge is 2.14. The van der Waals surface area contributed by atoms with Crippen LogP contribution in [0.4, 0.5) is 0 Å². The van der Waals surface area contributed by atoms with E-state index in [2.05, 4.69) is 4.72 Å². The summed E-state index contributed by atoms with van der Waals surface area (Å²) in [5.41, 5.74) is 1.08. The van der Waals surface area contributed by atoms with Gasteiger partial charge in [-0.3, -0.25) is 4.79 Å². The Hall–Kier alpha value is -3.50. The van der Waals surface area contributed by atoms with Crippen molar-refractivity contribution in [3.05, 3.63) is 46.9 Å². The molecule has 0 bridgehead atoms. The highest BCUT2D eigenvalue weighted by Crippen LogP contribution is 2.36. The number of hydrogen-bond acceptors (Lipinski definition) is 8. The van der Waals surface area contributed by atoms with Gasteiger partial charge in [-0.05, 0) is 6.08 Å². The smallest absolute Gasteiger partial charge is 0.285 e. The number of amides is 1. The molecule has 1 atom stereocenters. The second kappa shape index (κ2) is 12.5. The van der Waals surface area contributed by atoms with Crippen LogP contribution in [0.25, 0.3) is 12.2 Å². The van der Waals surface area contributed by atoms with Crippen LogP contribution in [0.5, 0.6) is 34.5 Å². The molecule has 33 heavy (non-hydrogen) atoms. The first-order chi connectivity index (χ1) is 15.9. The summed E-state index contributed by atoms with van der Waals surface area (Å²) in [5, 5.41) is 1.31. The lowest BCUT2D eigenvalue weighted by Crippen LogP contribution is -2.26. The molecule has 2 rings (SSSR count). The molecule has 0 spiro atoms. The Kier molecular flexibility index (Phi) is 9.77. The van der Waals surface area contributed by atoms with E-state index in [0.29, 0.717) is 45.6 Å². The van der Waals surface area contributed by atoms with Crippen molar-refractivity contribution in [2.24, 2.45) is 0 Å². The lowest BCUT2D eigenvalue weighted by molar-refractivity contribution is -0.114. The standard InChI is InChI=1S/C23H27NO8S/c1-27-15-11-19(29-3)17(20(12-15)30-4)7-8-23(25)24-33(26)10-9-18-21(31-5)13-16(28-2)14-22(18)32-6/h7-14H,1-6H3,(H,24,25)/b8-7+,10-9+. The normalized spacial score (nSPS) is 11.8. The summed E-state index contributed by atoms with van der Waals surface area (Å²) < 4.78 is 46.5. The third kappa shape index (κ3) is 6.74. The maximum absolute atomic E-state index is 12.4. The molecule has 0 radical (unpaired) electrons. The summed E-state index contributed by atoms with van der Waals surface area (Å²) >= 11 is -1.81. The van der Waals surface area contributed by atoms with E-state index < -0.39 is 17.3 Å². The maximum atomic E-state index is 12.4. The summed E-state index contributed by atoms with van der Waals surface area (Å²) in [4.78, 5) is 12.3. The molecule has 0 aliphatic carbocycles. The minimum absolute atomic E-state index is 0.454. The van der Waals surface area contributed by atoms with Crippen LogP contribution in [0.2, 0.25) is 0 Å². The summed E-state index contributed by atoms with van der Waals surface area (Å²) in [6.07, 6.45) is 4.27. The van der Waals surface area contributed by atoms with Gasteiger partial charge in [0.05, 0.1) is 53.8 Å². The van der Waals surface area contributed by atoms with Crippen molar-refractivity contribution in [2.75, 3.05) is 42.7 Å². The molecule has 0 saturated heterocycles. The number of hydrogen-bond donors (Lipinski definition) is 1. The molecule has 0 heterocycles. The molecular formula is C23H27NO8S. The van der Waals surface area contributed by atoms with Crippen LogP contribution in [0.15, 0.2) is 35.7 Å². The van der Waals surface area contributed by atoms with Gasteiger partial charge in [0.2, 0.25) is 0 Å². The molecule has 0 aliphatic rings. The molecular weight excluding hydrogens is 450 g/mol. The molecule has 0 fully saturated rings. The Morgan fingerprint density at radius 2 is 1.12 bits per heavy atom. The van der Waals surface area contributed by atoms with Crippen molar-refractivity contribution >= 4 is 29.4 Å². The van der Waals surface area contributed by atoms with Gasteiger partial charge in [0.25, 0.3) is 5.91 Å². The predicted octanol–water partition coefficient (Wildman–Crippen LogP) is 3.20. The van der Waals surface area contributed by atoms with Crippen LogP contribution in [-0.2, 0) is 16.2 Å². The van der Waals surface area contributed by atoms with Gasteiger partial charge in [-0.1, -0.05) is 0 Å². The third-order valence-electron chi connectivity index (χ3n) is 4.47. The van der Waals surface area contributed by atoms with E-state index in [1.807, 2.05) is 0 Å². The fourth-order valence-corrected chi connectivity index (χ4v) is 3.44. The third-order valence-corrected chi connectivity index (χ3v) is 5.25. The monoisotopic (exact) mass is 477 g/mol. The zero-order valence-electron chi connectivity index (χ0n) is 19.3. The van der Waals surface area contributed by atoms with Crippen LogP contribution in [-0.4, -0.2) is 53.1 Å². The predicted molar refractivity (Wildman–Crippen MR) is 127 cm³/mol. The molecule has 1 amide bonds. The van der Waals surface area contributed by atoms with E-state index in [0.717, 1.165) is 0 Å². The van der Waals surface area contributed by atoms with Gasteiger partial charge in [-0.2, -0.15) is 4.72 Å². The van der Waals surface area contributed by atoms with Crippen LogP contribution < -0.4 is 33.1 Å². The Morgan fingerprint density at radius 1 is 0.727 bits per heavy atom. The maximum Gasteiger partial charge on any atom is 0.285 e. The van der Waals surface area contributed by atoms with Gasteiger partial charge in [-0.15, -0.1) is 0 Å². The fourth-order valence-electron chi connectivity index (χ4n) is 2.85. The number of nitrogens with one attached hydrogen (secondary N) is 1. The Morgan fingerprint density at radius 3 is 1.48 bits per heavy atom. The molecule has 9 nitrogen and oxygen atoms in total. The number of carbonyl (C=O) groups is 1. The number of benzene rings is 2. The lowest BCUT2D eigenvalue weighted by atomic mass is 10.1. The summed E-state index contributed by atoms with van der Waals surface area (Å²) in [5.74, 6) is 2.34. The molecule has 178 valence electrons. The zero-order valence-corrected chi connectivity index (χ0v) is 20.1. The van der Waals surface area contributed by atoms with Crippen LogP contribution in [0.3, 0.4) is 0 Å². The topological polar surface area (TPSA) is 108 Å². The van der Waals surface area contributed by atoms with Gasteiger partial charge in [-0.25, -0.2) is 0 Å². The minimum atomic E-state index is -1.81. The first-order valence-electron chi connectivity index (χ1n) is 9.58. The second-order valence-corrected chi connectivity index (χ2v) is 7.36. The lowest BCUT2D eigenvalue weighted by Gasteiger charge is -2.13. The number of ether oxygens (including phenoxy) is 6. The first-order valence-corrected chi connectivity index (χ1v) is 10.8. The highest BCUT2D eigenvalue weighted by atomic mass is 32.2. The zero-order chi connectivity index (χ0) is 24.4. The Bertz CT molecular complexity index is 972. The molecule has 0 aliphatic heterocycles. The molecule has 10 heteroatoms. The summed E-state index contributed by atoms with van der Waals surface area (Å²) in [6, 6.07) is 6.66. The molecule has 1 N–H and O–H groups in total. The van der Waals surface area contributed by atoms with Crippen molar-refractivity contribution in [1.82, 2.24) is 4.72 Å². The van der Waals surface area contributed by atoms with Crippen LogP contribution >= 0.6 is 0 Å². The Balaban J connectivity index is 2.17. The van der Waals surface area contributed by atoms with Crippen molar-refractivity contribution in [1.29, 1.82) is 0 Å². The van der Waals surface area contributed by atoms with Gasteiger partial charge >= 0.3 is 0 Å². The van der Waals surface area contributed by atoms with Gasteiger partial charge in [0, 0.05) is 36.4 Å². The molecule has 0 aromatic heterocycles. The van der Waals surface area contributed by atoms with Gasteiger partial charge in [0.1, 0.15) is 51.3 Å². The average Bonchev–Trinajstić information content (AvgIpc) is 2.84. The van der Waals surface area contributed by atoms with Gasteiger partial charge < -0.3 is 33.0 Å². The average molecular weight is 478 g/mol. The van der Waals surface area contributed by atoms with Gasteiger partial charge in [0.15, 0.2) is 0 Å². The number of methoxy groups -OCH3 is 6. The first kappa shape index (κ1) is 25.8. The fraction of sp³-hybridized carbons (Fsp3) is 0.261. The number of carbonyl (C=O) groups excluding carboxylic acids is 1. The summed E-state index contributed by atoms with van der Waals surface area (Å²) in [7, 11) is 9.03. The summed E-state index contributed by atoms with van der Waals surface area (Å²) in [6.45, 7) is 0. The van der Waals surface area contributed by atoms with Crippen LogP contribution in [0.1, 0.15) is 11.1 Å². The van der Waals surface area contributed by atoms with Crippen molar-refractivity contribution in [3.8, 4) is 34.5 Å². The van der Waals surface area contributed by atoms with Crippen molar-refractivity contribution in [3.63, 3.8) is 0 Å². The molecule has 2 aromatic carbocycles. The van der Waals surface area contributed by atoms with Crippen molar-refractivity contribution < 1.29 is 37.8 Å². The Labute approximate surface area is 196 Å². The van der Waals surface area contributed by atoms with Crippen molar-refractivity contribution in [2.45, 2.75) is 0 Å². The SMILES string of the molecule is COc1cc(OC)c(/C=C/C(=O)N[S+]([O-])/C=C/c2c(OC)cc(OC)cc2OC)c(OC)c1. The molecule has 1 unspecified atom stereocenters. The number of rotatable bonds is 11. The van der Waals surface area contributed by atoms with E-state index in [9.17, 15) is 9.35 Å². The van der Waals surface area contributed by atoms with E-state index in [1.54, 1.807) is 24.3 Å². The van der Waals surface area contributed by atoms with E-state index in [4.69, 9.17) is 28.4 Å². The van der Waals surface area contributed by atoms with E-state index in [-0.39, 0.29) is 0 Å². The van der Waals surface area contributed by atoms with E-state index >= 15 is 0 Å². The highest BCUT2D eigenvalue weighted by molar-refractivity contribution is 7.93. The quantitative estimate of drug-likeness (QED) is 0.388. The second-order valence-electron chi connectivity index (χ2n) is 6.29. The minimum Gasteiger partial charge on any atom is -0.588 e. The molecule has 2 aromatic rings. The van der Waals surface area contributed by atoms with E-state index in [1.165, 1.54) is 66.3 Å². The molecule has 0 saturated carbocycles. The largest absolute Gasteiger partial charge is 0.588 e. The van der Waals surface area contributed by atoms with Crippen LogP contribution in [0, 0.1) is 0 Å².